The van der Waals surface area contributed by atoms with Gasteiger partial charge in [-0.2, -0.15) is 0 Å². The van der Waals surface area contributed by atoms with Crippen molar-refractivity contribution in [2.75, 3.05) is 42.9 Å². The fourth-order valence-electron chi connectivity index (χ4n) is 3.06. The van der Waals surface area contributed by atoms with E-state index in [4.69, 9.17) is 0 Å². The summed E-state index contributed by atoms with van der Waals surface area (Å²) >= 11 is 0. The molecule has 1 aliphatic rings. The molecule has 1 amide bonds. The molecule has 0 aromatic heterocycles. The Labute approximate surface area is 154 Å². The van der Waals surface area contributed by atoms with Crippen LogP contribution in [0.1, 0.15) is 0 Å². The minimum Gasteiger partial charge on any atom is -0.360 e. The Balaban J connectivity index is 1.51. The van der Waals surface area contributed by atoms with Crippen LogP contribution >= 0.6 is 0 Å². The number of nitrogens with zero attached hydrogens (tertiary/aromatic N) is 2. The molecule has 2 N–H and O–H groups in total. The number of carbonyl (C=O) groups is 1. The Hall–Kier alpha value is -3.07. The number of quaternary nitrogens is 1. The number of non-ortho nitro benzene ring substituents is 1. The van der Waals surface area contributed by atoms with Crippen LogP contribution in [-0.4, -0.2) is 43.6 Å². The molecule has 0 atom stereocenters. The largest absolute Gasteiger partial charge is 0.360 e. The third-order valence-electron chi connectivity index (χ3n) is 4.51. The molecule has 0 aliphatic carbocycles. The second kappa shape index (κ2) is 8.09. The van der Waals surface area contributed by atoms with Gasteiger partial charge in [-0.3, -0.25) is 14.9 Å². The van der Waals surface area contributed by atoms with E-state index in [1.165, 1.54) is 12.1 Å². The van der Waals surface area contributed by atoms with Gasteiger partial charge in [-0.05, 0) is 24.3 Å². The summed E-state index contributed by atoms with van der Waals surface area (Å²) in [6, 6.07) is 9.28. The lowest BCUT2D eigenvalue weighted by atomic mass is 10.2. The number of benzene rings is 2. The molecule has 0 spiro atoms. The molecule has 27 heavy (non-hydrogen) atoms. The first kappa shape index (κ1) is 18.7. The molecule has 0 unspecified atom stereocenters. The number of nitrogens with one attached hydrogen (secondary N) is 2. The lowest BCUT2D eigenvalue weighted by Crippen LogP contribution is -3.15. The average Bonchev–Trinajstić information content (AvgIpc) is 2.65. The molecule has 3 rings (SSSR count). The van der Waals surface area contributed by atoms with E-state index in [1.54, 1.807) is 12.1 Å². The van der Waals surface area contributed by atoms with Gasteiger partial charge in [-0.1, -0.05) is 0 Å². The highest BCUT2D eigenvalue weighted by molar-refractivity contribution is 5.91. The summed E-state index contributed by atoms with van der Waals surface area (Å²) in [5.74, 6) is -1.67. The molecule has 2 aromatic carbocycles. The van der Waals surface area contributed by atoms with Crippen LogP contribution in [0.25, 0.3) is 0 Å². The van der Waals surface area contributed by atoms with Crippen LogP contribution in [0.4, 0.5) is 25.8 Å². The minimum atomic E-state index is -0.678. The van der Waals surface area contributed by atoms with E-state index in [9.17, 15) is 23.7 Å². The summed E-state index contributed by atoms with van der Waals surface area (Å²) < 4.78 is 26.8. The zero-order valence-electron chi connectivity index (χ0n) is 14.5. The quantitative estimate of drug-likeness (QED) is 0.607. The van der Waals surface area contributed by atoms with Gasteiger partial charge in [0.05, 0.1) is 36.8 Å². The molecule has 2 aromatic rings. The topological polar surface area (TPSA) is 79.9 Å². The summed E-state index contributed by atoms with van der Waals surface area (Å²) in [6.45, 7) is 2.92. The number of nitro groups is 1. The highest BCUT2D eigenvalue weighted by Gasteiger charge is 2.23. The van der Waals surface area contributed by atoms with Gasteiger partial charge < -0.3 is 15.1 Å². The standard InChI is InChI=1S/C18H18F2N4O3/c19-13-1-6-16(20)17(11-13)21-18(25)12-22-7-9-23(10-8-22)14-2-4-15(5-3-14)24(26)27/h1-6,11H,7-10,12H2,(H,21,25)/p+1. The fourth-order valence-corrected chi connectivity index (χ4v) is 3.06. The number of hydrogen-bond acceptors (Lipinski definition) is 4. The van der Waals surface area contributed by atoms with Crippen molar-refractivity contribution in [3.63, 3.8) is 0 Å². The summed E-state index contributed by atoms with van der Waals surface area (Å²) in [5.41, 5.74) is 0.777. The molecule has 9 heteroatoms. The molecule has 1 aliphatic heterocycles. The first-order chi connectivity index (χ1) is 12.9. The van der Waals surface area contributed by atoms with Gasteiger partial charge in [0.15, 0.2) is 6.54 Å². The van der Waals surface area contributed by atoms with Gasteiger partial charge in [-0.15, -0.1) is 0 Å². The van der Waals surface area contributed by atoms with Crippen molar-refractivity contribution < 1.29 is 23.4 Å². The maximum Gasteiger partial charge on any atom is 0.279 e. The third kappa shape index (κ3) is 4.76. The van der Waals surface area contributed by atoms with Crippen LogP contribution in [0.5, 0.6) is 0 Å². The summed E-state index contributed by atoms with van der Waals surface area (Å²) in [5, 5.41) is 13.1. The molecular weight excluding hydrogens is 358 g/mol. The highest BCUT2D eigenvalue weighted by Crippen LogP contribution is 2.19. The molecule has 7 nitrogen and oxygen atoms in total. The summed E-state index contributed by atoms with van der Waals surface area (Å²) in [6.07, 6.45) is 0. The number of carbonyl (C=O) groups excluding carboxylic acids is 1. The Kier molecular flexibility index (Phi) is 5.60. The van der Waals surface area contributed by atoms with E-state index < -0.39 is 16.6 Å². The van der Waals surface area contributed by atoms with Gasteiger partial charge in [0.25, 0.3) is 11.6 Å². The molecule has 0 radical (unpaired) electrons. The number of piperazine rings is 1. The number of halogens is 2. The molecular formula is C18H19F2N4O3+. The zero-order valence-corrected chi connectivity index (χ0v) is 14.5. The molecule has 1 fully saturated rings. The van der Waals surface area contributed by atoms with Crippen molar-refractivity contribution in [1.29, 1.82) is 0 Å². The SMILES string of the molecule is O=C(C[NH+]1CCN(c2ccc([N+](=O)[O-])cc2)CC1)Nc1cc(F)ccc1F. The first-order valence-corrected chi connectivity index (χ1v) is 8.50. The second-order valence-electron chi connectivity index (χ2n) is 6.36. The molecule has 142 valence electrons. The van der Waals surface area contributed by atoms with E-state index >= 15 is 0 Å². The van der Waals surface area contributed by atoms with Crippen LogP contribution < -0.4 is 15.1 Å². The molecule has 1 heterocycles. The van der Waals surface area contributed by atoms with Gasteiger partial charge in [0.1, 0.15) is 11.6 Å². The van der Waals surface area contributed by atoms with Crippen molar-refractivity contribution >= 4 is 23.0 Å². The summed E-state index contributed by atoms with van der Waals surface area (Å²) in [4.78, 5) is 25.5. The van der Waals surface area contributed by atoms with Crippen molar-refractivity contribution in [3.05, 3.63) is 64.2 Å². The monoisotopic (exact) mass is 377 g/mol. The summed E-state index contributed by atoms with van der Waals surface area (Å²) in [7, 11) is 0. The fraction of sp³-hybridized carbons (Fsp3) is 0.278. The Morgan fingerprint density at radius 1 is 1.15 bits per heavy atom. The zero-order chi connectivity index (χ0) is 19.4. The smallest absolute Gasteiger partial charge is 0.279 e. The highest BCUT2D eigenvalue weighted by atomic mass is 19.1. The maximum atomic E-state index is 13.6. The van der Waals surface area contributed by atoms with Gasteiger partial charge in [0.2, 0.25) is 0 Å². The van der Waals surface area contributed by atoms with E-state index in [2.05, 4.69) is 10.2 Å². The van der Waals surface area contributed by atoms with Crippen molar-refractivity contribution in [2.45, 2.75) is 0 Å². The number of amides is 1. The van der Waals surface area contributed by atoms with Crippen molar-refractivity contribution in [1.82, 2.24) is 0 Å². The maximum absolute atomic E-state index is 13.6. The van der Waals surface area contributed by atoms with Crippen LogP contribution in [0.3, 0.4) is 0 Å². The molecule has 1 saturated heterocycles. The van der Waals surface area contributed by atoms with E-state index in [1.807, 2.05) is 0 Å². The van der Waals surface area contributed by atoms with Crippen LogP contribution in [0, 0.1) is 21.7 Å². The van der Waals surface area contributed by atoms with E-state index in [0.29, 0.717) is 26.2 Å². The van der Waals surface area contributed by atoms with Crippen molar-refractivity contribution in [3.8, 4) is 0 Å². The Morgan fingerprint density at radius 2 is 1.81 bits per heavy atom. The number of nitro benzene ring substituents is 1. The Bertz CT molecular complexity index is 837. The van der Waals surface area contributed by atoms with Crippen molar-refractivity contribution in [2.24, 2.45) is 0 Å². The van der Waals surface area contributed by atoms with E-state index in [0.717, 1.165) is 28.8 Å². The number of anilines is 2. The third-order valence-corrected chi connectivity index (χ3v) is 4.51. The number of hydrogen-bond donors (Lipinski definition) is 2. The normalized spacial score (nSPS) is 14.8. The van der Waals surface area contributed by atoms with E-state index in [-0.39, 0.29) is 23.8 Å². The number of rotatable bonds is 5. The van der Waals surface area contributed by atoms with Gasteiger partial charge in [0, 0.05) is 23.9 Å². The van der Waals surface area contributed by atoms with Gasteiger partial charge >= 0.3 is 0 Å². The molecule has 0 saturated carbocycles. The van der Waals surface area contributed by atoms with Gasteiger partial charge in [-0.25, -0.2) is 8.78 Å². The van der Waals surface area contributed by atoms with Crippen LogP contribution in [-0.2, 0) is 4.79 Å². The first-order valence-electron chi connectivity index (χ1n) is 8.50. The lowest BCUT2D eigenvalue weighted by molar-refractivity contribution is -0.892. The predicted octanol–water partition coefficient (Wildman–Crippen LogP) is 1.22. The Morgan fingerprint density at radius 3 is 2.44 bits per heavy atom. The van der Waals surface area contributed by atoms with Crippen LogP contribution in [0.2, 0.25) is 0 Å². The lowest BCUT2D eigenvalue weighted by Gasteiger charge is -2.33. The minimum absolute atomic E-state index is 0.0456. The second-order valence-corrected chi connectivity index (χ2v) is 6.36. The van der Waals surface area contributed by atoms with Crippen LogP contribution in [0.15, 0.2) is 42.5 Å². The average molecular weight is 377 g/mol. The predicted molar refractivity (Wildman–Crippen MR) is 95.9 cm³/mol. The molecule has 0 bridgehead atoms.